The highest BCUT2D eigenvalue weighted by Crippen LogP contribution is 2.43. The van der Waals surface area contributed by atoms with Crippen LogP contribution in [0.4, 0.5) is 5.13 Å². The third-order valence-electron chi connectivity index (χ3n) is 8.10. The lowest BCUT2D eigenvalue weighted by Crippen LogP contribution is -2.50. The second-order valence-corrected chi connectivity index (χ2v) is 11.5. The van der Waals surface area contributed by atoms with Crippen molar-refractivity contribution in [2.75, 3.05) is 58.1 Å². The minimum atomic E-state index is 0.338. The molecule has 3 heterocycles. The van der Waals surface area contributed by atoms with Crippen molar-refractivity contribution in [2.24, 2.45) is 5.41 Å². The first-order valence-electron chi connectivity index (χ1n) is 12.6. The molecule has 0 aromatic carbocycles. The van der Waals surface area contributed by atoms with E-state index in [0.717, 1.165) is 24.5 Å². The second kappa shape index (κ2) is 9.35. The maximum atomic E-state index is 5.97. The number of anilines is 1. The monoisotopic (exact) mass is 456 g/mol. The van der Waals surface area contributed by atoms with Gasteiger partial charge in [0.2, 0.25) is 0 Å². The standard InChI is InChI=1S/C25H40N6S/c1-3-10-30(19-4-6-21-22(17-19)32-24(26)28-21)14-11-29-12-15-31(16-13-29)20-5-7-23-25(2,18-20)8-9-27-23/h5,7,19,27H,3-4,6,8-18H2,1-2H3,(H2,26,28). The first-order valence-corrected chi connectivity index (χ1v) is 13.5. The predicted octanol–water partition coefficient (Wildman–Crippen LogP) is 3.08. The van der Waals surface area contributed by atoms with Gasteiger partial charge in [-0.05, 0) is 57.2 Å². The maximum absolute atomic E-state index is 5.97. The SMILES string of the molecule is CCCN(CCN1CCN(C2=CC=C3NCCC3(C)C2)CC1)C1CCc2nc(N)sc2C1. The Kier molecular flexibility index (Phi) is 6.50. The Balaban J connectivity index is 1.11. The molecule has 0 amide bonds. The van der Waals surface area contributed by atoms with Gasteiger partial charge in [-0.25, -0.2) is 4.98 Å². The first-order chi connectivity index (χ1) is 15.5. The van der Waals surface area contributed by atoms with Crippen LogP contribution < -0.4 is 11.1 Å². The number of nitrogens with zero attached hydrogens (tertiary/aromatic N) is 4. The molecule has 2 aliphatic heterocycles. The van der Waals surface area contributed by atoms with Gasteiger partial charge in [0.15, 0.2) is 5.13 Å². The summed E-state index contributed by atoms with van der Waals surface area (Å²) >= 11 is 1.71. The van der Waals surface area contributed by atoms with Crippen molar-refractivity contribution in [3.8, 4) is 0 Å². The Morgan fingerprint density at radius 3 is 2.91 bits per heavy atom. The molecule has 176 valence electrons. The molecule has 0 saturated carbocycles. The largest absolute Gasteiger partial charge is 0.388 e. The van der Waals surface area contributed by atoms with Crippen LogP contribution in [0.25, 0.3) is 0 Å². The van der Waals surface area contributed by atoms with E-state index >= 15 is 0 Å². The van der Waals surface area contributed by atoms with Crippen LogP contribution in [0.1, 0.15) is 50.1 Å². The molecule has 0 spiro atoms. The number of nitrogen functional groups attached to an aromatic ring is 1. The van der Waals surface area contributed by atoms with E-state index in [1.807, 2.05) is 0 Å². The second-order valence-electron chi connectivity index (χ2n) is 10.3. The molecule has 3 N–H and O–H groups in total. The van der Waals surface area contributed by atoms with Crippen molar-refractivity contribution in [3.05, 3.63) is 34.1 Å². The number of aryl methyl sites for hydroxylation is 1. The smallest absolute Gasteiger partial charge is 0.180 e. The predicted molar refractivity (Wildman–Crippen MR) is 134 cm³/mol. The molecule has 0 bridgehead atoms. The molecular formula is C25H40N6S. The number of rotatable bonds is 7. The average Bonchev–Trinajstić information content (AvgIpc) is 3.36. The molecule has 2 atom stereocenters. The van der Waals surface area contributed by atoms with Gasteiger partial charge in [-0.1, -0.05) is 13.8 Å². The number of nitrogens with two attached hydrogens (primary N) is 1. The van der Waals surface area contributed by atoms with E-state index in [-0.39, 0.29) is 0 Å². The van der Waals surface area contributed by atoms with Gasteiger partial charge in [0.25, 0.3) is 0 Å². The Hall–Kier alpha value is -1.57. The normalized spacial score (nSPS) is 28.2. The molecule has 32 heavy (non-hydrogen) atoms. The van der Waals surface area contributed by atoms with E-state index in [4.69, 9.17) is 5.73 Å². The van der Waals surface area contributed by atoms with E-state index in [2.05, 4.69) is 51.0 Å². The molecule has 1 aromatic heterocycles. The van der Waals surface area contributed by atoms with Crippen molar-refractivity contribution >= 4 is 16.5 Å². The number of hydrogen-bond donors (Lipinski definition) is 2. The van der Waals surface area contributed by atoms with Gasteiger partial charge in [-0.15, -0.1) is 11.3 Å². The number of fused-ring (bicyclic) bond motifs is 2. The highest BCUT2D eigenvalue weighted by Gasteiger charge is 2.37. The zero-order chi connectivity index (χ0) is 22.1. The van der Waals surface area contributed by atoms with E-state index < -0.39 is 0 Å². The number of piperazine rings is 1. The molecule has 2 aliphatic carbocycles. The van der Waals surface area contributed by atoms with Crippen LogP contribution in [0, 0.1) is 5.41 Å². The summed E-state index contributed by atoms with van der Waals surface area (Å²) in [5.41, 5.74) is 10.6. The lowest BCUT2D eigenvalue weighted by Gasteiger charge is -2.42. The van der Waals surface area contributed by atoms with Gasteiger partial charge in [0.1, 0.15) is 0 Å². The molecule has 2 unspecified atom stereocenters. The molecule has 2 saturated heterocycles. The van der Waals surface area contributed by atoms with Crippen molar-refractivity contribution in [2.45, 2.75) is 58.4 Å². The van der Waals surface area contributed by atoms with Gasteiger partial charge in [0, 0.05) is 73.5 Å². The minimum Gasteiger partial charge on any atom is -0.388 e. The van der Waals surface area contributed by atoms with Gasteiger partial charge >= 0.3 is 0 Å². The summed E-state index contributed by atoms with van der Waals surface area (Å²) in [6.45, 7) is 14.1. The van der Waals surface area contributed by atoms with Crippen molar-refractivity contribution in [3.63, 3.8) is 0 Å². The number of aromatic nitrogens is 1. The summed E-state index contributed by atoms with van der Waals surface area (Å²) in [6.07, 6.45) is 11.8. The Morgan fingerprint density at radius 2 is 2.09 bits per heavy atom. The number of hydrogen-bond acceptors (Lipinski definition) is 7. The van der Waals surface area contributed by atoms with Crippen LogP contribution in [0.15, 0.2) is 23.5 Å². The van der Waals surface area contributed by atoms with Crippen molar-refractivity contribution < 1.29 is 0 Å². The third kappa shape index (κ3) is 4.57. The molecular weight excluding hydrogens is 416 g/mol. The highest BCUT2D eigenvalue weighted by molar-refractivity contribution is 7.15. The number of thiazole rings is 1. The van der Waals surface area contributed by atoms with Gasteiger partial charge in [-0.3, -0.25) is 9.80 Å². The maximum Gasteiger partial charge on any atom is 0.180 e. The Labute approximate surface area is 197 Å². The first kappa shape index (κ1) is 22.2. The molecule has 0 radical (unpaired) electrons. The minimum absolute atomic E-state index is 0.338. The lowest BCUT2D eigenvalue weighted by molar-refractivity contribution is 0.113. The summed E-state index contributed by atoms with van der Waals surface area (Å²) in [5.74, 6) is 0. The summed E-state index contributed by atoms with van der Waals surface area (Å²) < 4.78 is 0. The average molecular weight is 457 g/mol. The molecule has 5 rings (SSSR count). The lowest BCUT2D eigenvalue weighted by atomic mass is 9.78. The van der Waals surface area contributed by atoms with Crippen LogP contribution in [0.2, 0.25) is 0 Å². The quantitative estimate of drug-likeness (QED) is 0.658. The molecule has 4 aliphatic rings. The number of nitrogens with one attached hydrogen (secondary N) is 1. The van der Waals surface area contributed by atoms with E-state index in [1.165, 1.54) is 87.8 Å². The zero-order valence-corrected chi connectivity index (χ0v) is 20.7. The number of allylic oxidation sites excluding steroid dienone is 4. The summed E-state index contributed by atoms with van der Waals surface area (Å²) in [7, 11) is 0. The van der Waals surface area contributed by atoms with Crippen LogP contribution in [0.3, 0.4) is 0 Å². The van der Waals surface area contributed by atoms with Crippen LogP contribution in [0.5, 0.6) is 0 Å². The Bertz CT molecular complexity index is 868. The van der Waals surface area contributed by atoms with Crippen LogP contribution in [-0.2, 0) is 12.8 Å². The third-order valence-corrected chi connectivity index (χ3v) is 9.04. The molecule has 1 aromatic rings. The fourth-order valence-electron chi connectivity index (χ4n) is 6.10. The van der Waals surface area contributed by atoms with Crippen LogP contribution >= 0.6 is 11.3 Å². The van der Waals surface area contributed by atoms with Gasteiger partial charge < -0.3 is 16.0 Å². The van der Waals surface area contributed by atoms with Gasteiger partial charge in [-0.2, -0.15) is 0 Å². The van der Waals surface area contributed by atoms with Crippen molar-refractivity contribution in [1.82, 2.24) is 25.0 Å². The topological polar surface area (TPSA) is 60.7 Å². The molecule has 6 nitrogen and oxygen atoms in total. The van der Waals surface area contributed by atoms with Gasteiger partial charge in [0.05, 0.1) is 5.69 Å². The zero-order valence-electron chi connectivity index (χ0n) is 19.9. The summed E-state index contributed by atoms with van der Waals surface area (Å²) in [6, 6.07) is 0.651. The highest BCUT2D eigenvalue weighted by atomic mass is 32.1. The Morgan fingerprint density at radius 1 is 1.25 bits per heavy atom. The van der Waals surface area contributed by atoms with E-state index in [1.54, 1.807) is 17.0 Å². The fourth-order valence-corrected chi connectivity index (χ4v) is 7.05. The van der Waals surface area contributed by atoms with Crippen molar-refractivity contribution in [1.29, 1.82) is 0 Å². The summed E-state index contributed by atoms with van der Waals surface area (Å²) in [4.78, 5) is 14.0. The van der Waals surface area contributed by atoms with Crippen LogP contribution in [-0.4, -0.2) is 78.1 Å². The van der Waals surface area contributed by atoms with E-state index in [0.29, 0.717) is 11.5 Å². The molecule has 7 heteroatoms. The molecule has 2 fully saturated rings. The fraction of sp³-hybridized carbons (Fsp3) is 0.720. The van der Waals surface area contributed by atoms with E-state index in [9.17, 15) is 0 Å². The summed E-state index contributed by atoms with van der Waals surface area (Å²) in [5, 5.41) is 4.32.